The van der Waals surface area contributed by atoms with Crippen molar-refractivity contribution in [1.29, 1.82) is 0 Å². The van der Waals surface area contributed by atoms with Crippen LogP contribution < -0.4 is 0 Å². The van der Waals surface area contributed by atoms with Crippen LogP contribution in [0.1, 0.15) is 40.6 Å². The maximum absolute atomic E-state index is 11.1. The van der Waals surface area contributed by atoms with Crippen LogP contribution in [0.3, 0.4) is 0 Å². The lowest BCUT2D eigenvalue weighted by Crippen LogP contribution is -2.34. The van der Waals surface area contributed by atoms with Crippen molar-refractivity contribution in [2.45, 2.75) is 32.7 Å². The van der Waals surface area contributed by atoms with Crippen LogP contribution in [0, 0.1) is 12.8 Å². The minimum absolute atomic E-state index is 0.184. The molecule has 0 spiro atoms. The van der Waals surface area contributed by atoms with Crippen LogP contribution in [0.15, 0.2) is 10.7 Å². The summed E-state index contributed by atoms with van der Waals surface area (Å²) in [7, 11) is 0. The van der Waals surface area contributed by atoms with Crippen molar-refractivity contribution >= 4 is 5.97 Å². The van der Waals surface area contributed by atoms with Gasteiger partial charge in [-0.25, -0.2) is 4.79 Å². The molecule has 2 aromatic heterocycles. The minimum Gasteiger partial charge on any atom is -0.477 e. The summed E-state index contributed by atoms with van der Waals surface area (Å²) < 4.78 is 5.17. The lowest BCUT2D eigenvalue weighted by atomic mass is 9.93. The number of carboxylic acids is 1. The molecule has 1 aliphatic rings. The maximum Gasteiger partial charge on any atom is 0.354 e. The first-order valence-electron chi connectivity index (χ1n) is 7.39. The van der Waals surface area contributed by atoms with Crippen molar-refractivity contribution in [3.8, 4) is 0 Å². The Morgan fingerprint density at radius 3 is 2.91 bits per heavy atom. The number of aromatic carboxylic acids is 1. The summed E-state index contributed by atoms with van der Waals surface area (Å²) in [6, 6.07) is 0. The number of likely N-dealkylation sites (tertiary alicyclic amines) is 1. The van der Waals surface area contributed by atoms with Crippen molar-refractivity contribution in [2.75, 3.05) is 13.1 Å². The second-order valence-electron chi connectivity index (χ2n) is 5.73. The topological polar surface area (TPSA) is 108 Å². The number of hydrogen-bond acceptors (Lipinski definition) is 6. The SMILES string of the molecule is Cc1noc(CC2CCN(Cc3cn[nH]c3C(=O)O)CC2)n1. The third-order valence-corrected chi connectivity index (χ3v) is 4.07. The zero-order valence-electron chi connectivity index (χ0n) is 12.4. The predicted molar refractivity (Wildman–Crippen MR) is 76.3 cm³/mol. The largest absolute Gasteiger partial charge is 0.477 e. The first kappa shape index (κ1) is 14.7. The van der Waals surface area contributed by atoms with Gasteiger partial charge in [0, 0.05) is 18.5 Å². The van der Waals surface area contributed by atoms with Crippen molar-refractivity contribution in [2.24, 2.45) is 5.92 Å². The van der Waals surface area contributed by atoms with Gasteiger partial charge >= 0.3 is 5.97 Å². The number of nitrogens with one attached hydrogen (secondary N) is 1. The number of carboxylic acid groups (broad SMARTS) is 1. The normalized spacial score (nSPS) is 17.0. The van der Waals surface area contributed by atoms with Gasteiger partial charge < -0.3 is 9.63 Å². The molecule has 1 saturated heterocycles. The van der Waals surface area contributed by atoms with E-state index in [1.807, 2.05) is 6.92 Å². The summed E-state index contributed by atoms with van der Waals surface area (Å²) in [6.45, 7) is 4.30. The molecule has 1 fully saturated rings. The number of rotatable bonds is 5. The Morgan fingerprint density at radius 2 is 2.27 bits per heavy atom. The Labute approximate surface area is 127 Å². The fraction of sp³-hybridized carbons (Fsp3) is 0.571. The Hall–Kier alpha value is -2.22. The Balaban J connectivity index is 1.51. The molecular weight excluding hydrogens is 286 g/mol. The van der Waals surface area contributed by atoms with Crippen molar-refractivity contribution < 1.29 is 14.4 Å². The van der Waals surface area contributed by atoms with Crippen LogP contribution in [-0.2, 0) is 13.0 Å². The molecule has 0 unspecified atom stereocenters. The summed E-state index contributed by atoms with van der Waals surface area (Å²) in [5.74, 6) is 0.959. The van der Waals surface area contributed by atoms with Crippen molar-refractivity contribution in [3.63, 3.8) is 0 Å². The molecular formula is C14H19N5O3. The Bertz CT molecular complexity index is 642. The molecule has 1 aliphatic heterocycles. The van der Waals surface area contributed by atoms with E-state index in [1.54, 1.807) is 6.20 Å². The highest BCUT2D eigenvalue weighted by atomic mass is 16.5. The van der Waals surface area contributed by atoms with Gasteiger partial charge in [0.25, 0.3) is 0 Å². The summed E-state index contributed by atoms with van der Waals surface area (Å²) in [4.78, 5) is 17.6. The molecule has 8 nitrogen and oxygen atoms in total. The third kappa shape index (κ3) is 3.33. The van der Waals surface area contributed by atoms with E-state index in [0.29, 0.717) is 24.2 Å². The van der Waals surface area contributed by atoms with E-state index in [4.69, 9.17) is 9.63 Å². The molecule has 0 saturated carbocycles. The van der Waals surface area contributed by atoms with Gasteiger partial charge in [0.15, 0.2) is 5.82 Å². The molecule has 22 heavy (non-hydrogen) atoms. The minimum atomic E-state index is -0.964. The Morgan fingerprint density at radius 1 is 1.50 bits per heavy atom. The van der Waals surface area contributed by atoms with Gasteiger partial charge in [0.1, 0.15) is 5.69 Å². The number of carbonyl (C=O) groups is 1. The highest BCUT2D eigenvalue weighted by molar-refractivity contribution is 5.86. The zero-order valence-corrected chi connectivity index (χ0v) is 12.4. The van der Waals surface area contributed by atoms with Crippen LogP contribution in [0.25, 0.3) is 0 Å². The average molecular weight is 305 g/mol. The smallest absolute Gasteiger partial charge is 0.354 e. The fourth-order valence-corrected chi connectivity index (χ4v) is 2.88. The molecule has 0 aliphatic carbocycles. The molecule has 8 heteroatoms. The first-order valence-corrected chi connectivity index (χ1v) is 7.39. The molecule has 2 N–H and O–H groups in total. The highest BCUT2D eigenvalue weighted by Crippen LogP contribution is 2.22. The monoisotopic (exact) mass is 305 g/mol. The van der Waals surface area contributed by atoms with Gasteiger partial charge in [-0.05, 0) is 38.8 Å². The summed E-state index contributed by atoms with van der Waals surface area (Å²) in [5, 5.41) is 19.2. The number of hydrogen-bond donors (Lipinski definition) is 2. The molecule has 0 radical (unpaired) electrons. The lowest BCUT2D eigenvalue weighted by molar-refractivity contribution is 0.0687. The summed E-state index contributed by atoms with van der Waals surface area (Å²) in [6.07, 6.45) is 4.50. The molecule has 0 amide bonds. The van der Waals surface area contributed by atoms with Crippen LogP contribution >= 0.6 is 0 Å². The van der Waals surface area contributed by atoms with Gasteiger partial charge in [-0.3, -0.25) is 10.00 Å². The van der Waals surface area contributed by atoms with Gasteiger partial charge in [-0.2, -0.15) is 10.1 Å². The van der Waals surface area contributed by atoms with Crippen LogP contribution in [0.5, 0.6) is 0 Å². The summed E-state index contributed by atoms with van der Waals surface area (Å²) >= 11 is 0. The first-order chi connectivity index (χ1) is 10.6. The van der Waals surface area contributed by atoms with E-state index < -0.39 is 5.97 Å². The Kier molecular flexibility index (Phi) is 4.19. The maximum atomic E-state index is 11.1. The van der Waals surface area contributed by atoms with E-state index in [9.17, 15) is 4.79 Å². The summed E-state index contributed by atoms with van der Waals surface area (Å²) in [5.41, 5.74) is 0.918. The number of H-pyrrole nitrogens is 1. The molecule has 3 rings (SSSR count). The van der Waals surface area contributed by atoms with E-state index in [2.05, 4.69) is 25.2 Å². The predicted octanol–water partition coefficient (Wildman–Crippen LogP) is 1.25. The fourth-order valence-electron chi connectivity index (χ4n) is 2.88. The van der Waals surface area contributed by atoms with Gasteiger partial charge in [0.2, 0.25) is 5.89 Å². The van der Waals surface area contributed by atoms with E-state index in [1.165, 1.54) is 0 Å². The van der Waals surface area contributed by atoms with Crippen LogP contribution in [-0.4, -0.2) is 49.4 Å². The molecule has 0 aromatic carbocycles. The van der Waals surface area contributed by atoms with Crippen molar-refractivity contribution in [3.05, 3.63) is 29.2 Å². The highest BCUT2D eigenvalue weighted by Gasteiger charge is 2.23. The van der Waals surface area contributed by atoms with E-state index >= 15 is 0 Å². The number of aromatic amines is 1. The van der Waals surface area contributed by atoms with Crippen LogP contribution in [0.2, 0.25) is 0 Å². The molecule has 0 atom stereocenters. The number of piperidine rings is 1. The lowest BCUT2D eigenvalue weighted by Gasteiger charge is -2.31. The average Bonchev–Trinajstić information content (AvgIpc) is 3.10. The van der Waals surface area contributed by atoms with Gasteiger partial charge in [-0.1, -0.05) is 5.16 Å². The number of nitrogens with zero attached hydrogens (tertiary/aromatic N) is 4. The van der Waals surface area contributed by atoms with E-state index in [0.717, 1.165) is 37.9 Å². The van der Waals surface area contributed by atoms with Gasteiger partial charge in [-0.15, -0.1) is 0 Å². The molecule has 3 heterocycles. The second kappa shape index (κ2) is 6.27. The van der Waals surface area contributed by atoms with Crippen molar-refractivity contribution in [1.82, 2.24) is 25.2 Å². The molecule has 0 bridgehead atoms. The zero-order chi connectivity index (χ0) is 15.5. The van der Waals surface area contributed by atoms with Crippen LogP contribution in [0.4, 0.5) is 0 Å². The third-order valence-electron chi connectivity index (χ3n) is 4.07. The number of aromatic nitrogens is 4. The van der Waals surface area contributed by atoms with Gasteiger partial charge in [0.05, 0.1) is 6.20 Å². The molecule has 118 valence electrons. The number of aryl methyl sites for hydroxylation is 1. The second-order valence-corrected chi connectivity index (χ2v) is 5.73. The van der Waals surface area contributed by atoms with E-state index in [-0.39, 0.29) is 5.69 Å². The molecule has 2 aromatic rings. The standard InChI is InChI=1S/C14H19N5O3/c1-9-16-12(22-18-9)6-10-2-4-19(5-3-10)8-11-7-15-17-13(11)14(20)21/h7,10H,2-6,8H2,1H3,(H,15,17)(H,20,21). The quantitative estimate of drug-likeness (QED) is 0.855.